The fraction of sp³-hybridized carbons (Fsp3) is 0.611. The van der Waals surface area contributed by atoms with E-state index in [-0.39, 0.29) is 6.61 Å². The number of nitrogens with zero attached hydrogens (tertiary/aromatic N) is 3. The van der Waals surface area contributed by atoms with Crippen LogP contribution in [0.15, 0.2) is 35.3 Å². The maximum absolute atomic E-state index is 12.0. The average Bonchev–Trinajstić information content (AvgIpc) is 2.64. The summed E-state index contributed by atoms with van der Waals surface area (Å²) in [6, 6.07) is 10.3. The van der Waals surface area contributed by atoms with E-state index in [0.29, 0.717) is 13.0 Å². The van der Waals surface area contributed by atoms with Gasteiger partial charge in [0.25, 0.3) is 0 Å². The summed E-state index contributed by atoms with van der Waals surface area (Å²) in [4.78, 5) is 9.05. The Morgan fingerprint density at radius 2 is 1.85 bits per heavy atom. The number of alkyl halides is 3. The Morgan fingerprint density at radius 3 is 2.46 bits per heavy atom. The summed E-state index contributed by atoms with van der Waals surface area (Å²) in [5, 5.41) is 3.26. The predicted octanol–water partition coefficient (Wildman–Crippen LogP) is 2.74. The molecule has 1 saturated heterocycles. The second-order valence-electron chi connectivity index (χ2n) is 6.07. The van der Waals surface area contributed by atoms with Crippen molar-refractivity contribution >= 4 is 11.6 Å². The first-order valence-electron chi connectivity index (χ1n) is 8.97. The maximum Gasteiger partial charge on any atom is 0.411 e. The zero-order valence-corrected chi connectivity index (χ0v) is 15.1. The predicted molar refractivity (Wildman–Crippen MR) is 97.7 cm³/mol. The molecule has 0 radical (unpaired) electrons. The summed E-state index contributed by atoms with van der Waals surface area (Å²) in [5.41, 5.74) is 1.22. The normalized spacial score (nSPS) is 16.1. The number of benzene rings is 1. The molecule has 1 aromatic carbocycles. The molecule has 0 amide bonds. The molecule has 0 aliphatic carbocycles. The highest BCUT2D eigenvalue weighted by Gasteiger charge is 2.27. The van der Waals surface area contributed by atoms with Crippen LogP contribution in [0.1, 0.15) is 13.3 Å². The Hall–Kier alpha value is -1.96. The minimum atomic E-state index is -4.27. The molecular formula is C18H27F3N4O. The fourth-order valence-corrected chi connectivity index (χ4v) is 2.78. The summed E-state index contributed by atoms with van der Waals surface area (Å²) < 4.78 is 40.7. The number of hydrogen-bond acceptors (Lipinski definition) is 3. The third kappa shape index (κ3) is 7.11. The molecule has 1 heterocycles. The maximum atomic E-state index is 12.0. The Balaban J connectivity index is 1.76. The summed E-state index contributed by atoms with van der Waals surface area (Å²) in [7, 11) is 0. The lowest BCUT2D eigenvalue weighted by atomic mass is 10.2. The van der Waals surface area contributed by atoms with Gasteiger partial charge < -0.3 is 19.9 Å². The summed E-state index contributed by atoms with van der Waals surface area (Å²) in [6.07, 6.45) is -3.80. The van der Waals surface area contributed by atoms with Crippen molar-refractivity contribution in [2.24, 2.45) is 4.99 Å². The smallest absolute Gasteiger partial charge is 0.372 e. The molecule has 5 nitrogen and oxygen atoms in total. The molecule has 26 heavy (non-hydrogen) atoms. The number of anilines is 1. The largest absolute Gasteiger partial charge is 0.411 e. The summed E-state index contributed by atoms with van der Waals surface area (Å²) in [6.45, 7) is 5.58. The lowest BCUT2D eigenvalue weighted by Crippen LogP contribution is -2.52. The SMILES string of the molecule is CCNC(=NCCCOCC(F)(F)F)N1CCN(c2ccccc2)CC1. The molecule has 1 aromatic rings. The first-order valence-corrected chi connectivity index (χ1v) is 8.97. The van der Waals surface area contributed by atoms with Crippen LogP contribution in [0.3, 0.4) is 0 Å². The van der Waals surface area contributed by atoms with Crippen molar-refractivity contribution in [3.05, 3.63) is 30.3 Å². The third-order valence-corrected chi connectivity index (χ3v) is 4.01. The summed E-state index contributed by atoms with van der Waals surface area (Å²) in [5.74, 6) is 0.816. The van der Waals surface area contributed by atoms with Gasteiger partial charge in [0.05, 0.1) is 0 Å². The molecule has 146 valence electrons. The van der Waals surface area contributed by atoms with Gasteiger partial charge in [-0.25, -0.2) is 0 Å². The minimum Gasteiger partial charge on any atom is -0.372 e. The van der Waals surface area contributed by atoms with Crippen LogP contribution in [-0.4, -0.2) is 69.5 Å². The number of para-hydroxylation sites is 1. The number of ether oxygens (including phenoxy) is 1. The van der Waals surface area contributed by atoms with Crippen LogP contribution in [0.5, 0.6) is 0 Å². The molecule has 1 fully saturated rings. The van der Waals surface area contributed by atoms with Gasteiger partial charge >= 0.3 is 6.18 Å². The van der Waals surface area contributed by atoms with Gasteiger partial charge in [0.1, 0.15) is 6.61 Å². The van der Waals surface area contributed by atoms with Crippen molar-refractivity contribution in [2.45, 2.75) is 19.5 Å². The van der Waals surface area contributed by atoms with E-state index in [1.165, 1.54) is 5.69 Å². The molecule has 1 aliphatic heterocycles. The van der Waals surface area contributed by atoms with E-state index in [1.54, 1.807) is 0 Å². The fourth-order valence-electron chi connectivity index (χ4n) is 2.78. The molecule has 0 bridgehead atoms. The highest BCUT2D eigenvalue weighted by atomic mass is 19.4. The van der Waals surface area contributed by atoms with Crippen molar-refractivity contribution in [2.75, 3.05) is 57.4 Å². The Kier molecular flexibility index (Phi) is 8.03. The van der Waals surface area contributed by atoms with Crippen molar-refractivity contribution in [1.82, 2.24) is 10.2 Å². The quantitative estimate of drug-likeness (QED) is 0.454. The van der Waals surface area contributed by atoms with Gasteiger partial charge in [-0.3, -0.25) is 4.99 Å². The van der Waals surface area contributed by atoms with E-state index in [1.807, 2.05) is 25.1 Å². The summed E-state index contributed by atoms with van der Waals surface area (Å²) >= 11 is 0. The molecule has 0 spiro atoms. The lowest BCUT2D eigenvalue weighted by molar-refractivity contribution is -0.173. The number of guanidine groups is 1. The number of hydrogen-bond donors (Lipinski definition) is 1. The van der Waals surface area contributed by atoms with E-state index in [9.17, 15) is 13.2 Å². The van der Waals surface area contributed by atoms with Gasteiger partial charge in [0.2, 0.25) is 0 Å². The van der Waals surface area contributed by atoms with Crippen LogP contribution in [0, 0.1) is 0 Å². The molecule has 8 heteroatoms. The lowest BCUT2D eigenvalue weighted by Gasteiger charge is -2.37. The van der Waals surface area contributed by atoms with Gasteiger partial charge in [-0.15, -0.1) is 0 Å². The van der Waals surface area contributed by atoms with Crippen molar-refractivity contribution in [3.8, 4) is 0 Å². The average molecular weight is 372 g/mol. The van der Waals surface area contributed by atoms with Crippen LogP contribution in [0.25, 0.3) is 0 Å². The second-order valence-corrected chi connectivity index (χ2v) is 6.07. The zero-order valence-electron chi connectivity index (χ0n) is 15.1. The van der Waals surface area contributed by atoms with Gasteiger partial charge in [0.15, 0.2) is 5.96 Å². The van der Waals surface area contributed by atoms with Crippen LogP contribution >= 0.6 is 0 Å². The van der Waals surface area contributed by atoms with Crippen LogP contribution in [0.2, 0.25) is 0 Å². The van der Waals surface area contributed by atoms with Crippen LogP contribution < -0.4 is 10.2 Å². The Bertz CT molecular complexity index is 543. The van der Waals surface area contributed by atoms with Crippen molar-refractivity contribution in [3.63, 3.8) is 0 Å². The van der Waals surface area contributed by atoms with E-state index in [2.05, 4.69) is 37.0 Å². The van der Waals surface area contributed by atoms with E-state index < -0.39 is 12.8 Å². The topological polar surface area (TPSA) is 40.1 Å². The van der Waals surface area contributed by atoms with Gasteiger partial charge in [-0.05, 0) is 25.5 Å². The number of aliphatic imine (C=N–C) groups is 1. The van der Waals surface area contributed by atoms with Gasteiger partial charge in [-0.2, -0.15) is 13.2 Å². The first kappa shape index (κ1) is 20.4. The van der Waals surface area contributed by atoms with Crippen molar-refractivity contribution in [1.29, 1.82) is 0 Å². The highest BCUT2D eigenvalue weighted by Crippen LogP contribution is 2.16. The highest BCUT2D eigenvalue weighted by molar-refractivity contribution is 5.80. The van der Waals surface area contributed by atoms with E-state index in [4.69, 9.17) is 0 Å². The Labute approximate surface area is 152 Å². The van der Waals surface area contributed by atoms with Gasteiger partial charge in [-0.1, -0.05) is 18.2 Å². The van der Waals surface area contributed by atoms with Crippen LogP contribution in [-0.2, 0) is 4.74 Å². The molecule has 0 aromatic heterocycles. The Morgan fingerprint density at radius 1 is 1.15 bits per heavy atom. The molecule has 2 rings (SSSR count). The van der Waals surface area contributed by atoms with E-state index in [0.717, 1.165) is 38.7 Å². The first-order chi connectivity index (χ1) is 12.5. The van der Waals surface area contributed by atoms with Gasteiger partial charge in [0, 0.05) is 51.6 Å². The van der Waals surface area contributed by atoms with Crippen molar-refractivity contribution < 1.29 is 17.9 Å². The number of halogens is 3. The number of piperazine rings is 1. The minimum absolute atomic E-state index is 0.0597. The monoisotopic (exact) mass is 372 g/mol. The van der Waals surface area contributed by atoms with Crippen LogP contribution in [0.4, 0.5) is 18.9 Å². The number of rotatable bonds is 7. The zero-order chi connectivity index (χ0) is 18.8. The molecule has 0 unspecified atom stereocenters. The molecule has 0 saturated carbocycles. The van der Waals surface area contributed by atoms with E-state index >= 15 is 0 Å². The second kappa shape index (κ2) is 10.3. The molecule has 1 aliphatic rings. The standard InChI is InChI=1S/C18H27F3N4O/c1-2-22-17(23-9-6-14-26-15-18(19,20)21)25-12-10-24(11-13-25)16-7-4-3-5-8-16/h3-5,7-8H,2,6,9-15H2,1H3,(H,22,23). The molecule has 0 atom stereocenters. The molecular weight excluding hydrogens is 345 g/mol. The number of nitrogens with one attached hydrogen (secondary N) is 1. The molecule has 1 N–H and O–H groups in total. The third-order valence-electron chi connectivity index (χ3n) is 4.01.